The van der Waals surface area contributed by atoms with E-state index >= 15 is 0 Å². The van der Waals surface area contributed by atoms with Crippen molar-refractivity contribution in [3.63, 3.8) is 0 Å². The molecule has 0 radical (unpaired) electrons. The summed E-state index contributed by atoms with van der Waals surface area (Å²) >= 11 is 1.96. The zero-order valence-corrected chi connectivity index (χ0v) is 12.3. The van der Waals surface area contributed by atoms with Gasteiger partial charge in [0.2, 0.25) is 0 Å². The van der Waals surface area contributed by atoms with Gasteiger partial charge in [-0.1, -0.05) is 12.1 Å². The highest BCUT2D eigenvalue weighted by molar-refractivity contribution is 7.12. The molecule has 5 heteroatoms. The van der Waals surface area contributed by atoms with Crippen molar-refractivity contribution < 1.29 is 0 Å². The number of aryl methyl sites for hydroxylation is 3. The zero-order chi connectivity index (χ0) is 13.2. The minimum atomic E-state index is 0.223. The summed E-state index contributed by atoms with van der Waals surface area (Å²) in [6, 6.07) is 2.61. The Kier molecular flexibility index (Phi) is 3.66. The normalized spacial score (nSPS) is 16.3. The van der Waals surface area contributed by atoms with Gasteiger partial charge in [0.25, 0.3) is 0 Å². The number of fused-ring (bicyclic) bond motifs is 1. The number of nitrogens with one attached hydrogen (secondary N) is 1. The Labute approximate surface area is 117 Å². The Morgan fingerprint density at radius 3 is 2.95 bits per heavy atom. The van der Waals surface area contributed by atoms with E-state index in [0.29, 0.717) is 0 Å². The molecule has 0 spiro atoms. The number of rotatable bonds is 4. The van der Waals surface area contributed by atoms with Crippen LogP contribution in [0.1, 0.15) is 46.8 Å². The van der Waals surface area contributed by atoms with Crippen molar-refractivity contribution >= 4 is 11.3 Å². The van der Waals surface area contributed by atoms with Gasteiger partial charge in [0.15, 0.2) is 0 Å². The average Bonchev–Trinajstić information content (AvgIpc) is 3.02. The lowest BCUT2D eigenvalue weighted by Crippen LogP contribution is -2.23. The van der Waals surface area contributed by atoms with Gasteiger partial charge >= 0.3 is 0 Å². The highest BCUT2D eigenvalue weighted by atomic mass is 32.1. The summed E-state index contributed by atoms with van der Waals surface area (Å²) in [5, 5.41) is 11.6. The van der Waals surface area contributed by atoms with Gasteiger partial charge in [-0.05, 0) is 43.9 Å². The van der Waals surface area contributed by atoms with Crippen LogP contribution < -0.4 is 5.32 Å². The Morgan fingerprint density at radius 1 is 1.42 bits per heavy atom. The van der Waals surface area contributed by atoms with Crippen molar-refractivity contribution in [1.29, 1.82) is 0 Å². The van der Waals surface area contributed by atoms with E-state index in [9.17, 15) is 0 Å². The molecule has 2 aromatic heterocycles. The molecule has 102 valence electrons. The molecule has 1 atom stereocenters. The first-order valence-electron chi connectivity index (χ1n) is 6.99. The second-order valence-electron chi connectivity index (χ2n) is 5.08. The Morgan fingerprint density at radius 2 is 2.26 bits per heavy atom. The first-order valence-corrected chi connectivity index (χ1v) is 7.80. The topological polar surface area (TPSA) is 42.7 Å². The number of hydrogen-bond donors (Lipinski definition) is 1. The van der Waals surface area contributed by atoms with E-state index in [0.717, 1.165) is 12.2 Å². The fourth-order valence-corrected chi connectivity index (χ4v) is 4.12. The van der Waals surface area contributed by atoms with Gasteiger partial charge in [0.05, 0.1) is 17.9 Å². The Hall–Kier alpha value is -1.20. The highest BCUT2D eigenvalue weighted by Gasteiger charge is 2.22. The monoisotopic (exact) mass is 276 g/mol. The summed E-state index contributed by atoms with van der Waals surface area (Å²) in [5.74, 6) is 0. The molecule has 19 heavy (non-hydrogen) atoms. The molecule has 2 heterocycles. The van der Waals surface area contributed by atoms with Crippen LogP contribution in [0, 0.1) is 0 Å². The summed E-state index contributed by atoms with van der Waals surface area (Å²) in [6.07, 6.45) is 7.04. The molecule has 4 nitrogen and oxygen atoms in total. The lowest BCUT2D eigenvalue weighted by molar-refractivity contribution is 0.574. The summed E-state index contributed by atoms with van der Waals surface area (Å²) in [4.78, 5) is 2.98. The Bertz CT molecular complexity index is 534. The van der Waals surface area contributed by atoms with Crippen molar-refractivity contribution in [3.05, 3.63) is 33.3 Å². The van der Waals surface area contributed by atoms with E-state index in [4.69, 9.17) is 0 Å². The molecule has 0 aromatic carbocycles. The number of hydrogen-bond acceptors (Lipinski definition) is 4. The van der Waals surface area contributed by atoms with Crippen LogP contribution in [-0.4, -0.2) is 21.5 Å². The maximum atomic E-state index is 4.06. The van der Waals surface area contributed by atoms with Crippen molar-refractivity contribution in [2.75, 3.05) is 6.54 Å². The molecule has 2 aromatic rings. The van der Waals surface area contributed by atoms with Crippen LogP contribution in [0.4, 0.5) is 0 Å². The standard InChI is InChI=1S/C14H20N4S/c1-3-15-14(11-9-16-17-18(11)2)13-8-10-6-4-5-7-12(10)19-13/h8-9,14-15H,3-7H2,1-2H3. The maximum absolute atomic E-state index is 4.06. The predicted molar refractivity (Wildman–Crippen MR) is 77.5 cm³/mol. The van der Waals surface area contributed by atoms with E-state index in [-0.39, 0.29) is 6.04 Å². The van der Waals surface area contributed by atoms with Gasteiger partial charge in [-0.15, -0.1) is 16.4 Å². The molecule has 0 saturated carbocycles. The smallest absolute Gasteiger partial charge is 0.0858 e. The number of aromatic nitrogens is 3. The fourth-order valence-electron chi connectivity index (χ4n) is 2.77. The van der Waals surface area contributed by atoms with Crippen LogP contribution in [0.15, 0.2) is 12.3 Å². The summed E-state index contributed by atoms with van der Waals surface area (Å²) in [6.45, 7) is 3.09. The molecule has 0 aliphatic heterocycles. The van der Waals surface area contributed by atoms with E-state index in [1.807, 2.05) is 29.3 Å². The van der Waals surface area contributed by atoms with Crippen molar-refractivity contribution in [3.8, 4) is 0 Å². The van der Waals surface area contributed by atoms with E-state index in [1.165, 1.54) is 30.6 Å². The molecular weight excluding hydrogens is 256 g/mol. The van der Waals surface area contributed by atoms with Crippen LogP contribution in [0.2, 0.25) is 0 Å². The molecular formula is C14H20N4S. The van der Waals surface area contributed by atoms with Gasteiger partial charge in [0.1, 0.15) is 0 Å². The highest BCUT2D eigenvalue weighted by Crippen LogP contribution is 2.34. The van der Waals surface area contributed by atoms with Gasteiger partial charge in [-0.25, -0.2) is 0 Å². The van der Waals surface area contributed by atoms with Crippen molar-refractivity contribution in [1.82, 2.24) is 20.3 Å². The second kappa shape index (κ2) is 5.43. The first-order chi connectivity index (χ1) is 9.29. The minimum Gasteiger partial charge on any atom is -0.305 e. The number of nitrogens with zero attached hydrogens (tertiary/aromatic N) is 3. The molecule has 1 unspecified atom stereocenters. The van der Waals surface area contributed by atoms with Gasteiger partial charge < -0.3 is 5.32 Å². The van der Waals surface area contributed by atoms with Crippen molar-refractivity contribution in [2.24, 2.45) is 7.05 Å². The Balaban J connectivity index is 1.96. The average molecular weight is 276 g/mol. The lowest BCUT2D eigenvalue weighted by atomic mass is 9.98. The van der Waals surface area contributed by atoms with Crippen LogP contribution in [0.25, 0.3) is 0 Å². The van der Waals surface area contributed by atoms with Gasteiger partial charge in [-0.3, -0.25) is 4.68 Å². The minimum absolute atomic E-state index is 0.223. The summed E-state index contributed by atoms with van der Waals surface area (Å²) in [7, 11) is 1.96. The zero-order valence-electron chi connectivity index (χ0n) is 11.5. The van der Waals surface area contributed by atoms with Gasteiger partial charge in [0, 0.05) is 16.8 Å². The first kappa shape index (κ1) is 12.8. The van der Waals surface area contributed by atoms with Crippen molar-refractivity contribution in [2.45, 2.75) is 38.6 Å². The van der Waals surface area contributed by atoms with Gasteiger partial charge in [-0.2, -0.15) is 0 Å². The lowest BCUT2D eigenvalue weighted by Gasteiger charge is -2.15. The van der Waals surface area contributed by atoms with E-state index in [2.05, 4.69) is 28.6 Å². The SMILES string of the molecule is CCNC(c1cc2c(s1)CCCC2)c1cnnn1C. The quantitative estimate of drug-likeness (QED) is 0.933. The third-order valence-corrected chi connectivity index (χ3v) is 5.06. The summed E-state index contributed by atoms with van der Waals surface area (Å²) in [5.41, 5.74) is 2.70. The van der Waals surface area contributed by atoms with Crippen LogP contribution in [0.5, 0.6) is 0 Å². The molecule has 0 fully saturated rings. The molecule has 1 aliphatic rings. The molecule has 0 amide bonds. The molecule has 3 rings (SSSR count). The van der Waals surface area contributed by atoms with E-state index in [1.54, 1.807) is 10.4 Å². The van der Waals surface area contributed by atoms with E-state index < -0.39 is 0 Å². The molecule has 1 N–H and O–H groups in total. The summed E-state index contributed by atoms with van der Waals surface area (Å²) < 4.78 is 1.87. The maximum Gasteiger partial charge on any atom is 0.0858 e. The predicted octanol–water partition coefficient (Wildman–Crippen LogP) is 2.45. The third-order valence-electron chi connectivity index (χ3n) is 3.75. The molecule has 0 bridgehead atoms. The molecule has 0 saturated heterocycles. The fraction of sp³-hybridized carbons (Fsp3) is 0.571. The van der Waals surface area contributed by atoms with Crippen LogP contribution in [0.3, 0.4) is 0 Å². The largest absolute Gasteiger partial charge is 0.305 e. The third kappa shape index (κ3) is 2.44. The number of thiophene rings is 1. The van der Waals surface area contributed by atoms with Crippen LogP contribution >= 0.6 is 11.3 Å². The van der Waals surface area contributed by atoms with Crippen LogP contribution in [-0.2, 0) is 19.9 Å². The molecule has 1 aliphatic carbocycles. The second-order valence-corrected chi connectivity index (χ2v) is 6.25.